The number of carbonyl (C=O) groups is 3. The summed E-state index contributed by atoms with van der Waals surface area (Å²) in [6.07, 6.45) is -3.90. The topological polar surface area (TPSA) is 88.1 Å². The number of carbonyl (C=O) groups excluding carboxylic acids is 3. The maximum Gasteiger partial charge on any atom is 0.305 e. The van der Waals surface area contributed by atoms with E-state index >= 15 is 0 Å². The number of ether oxygens (including phenoxy) is 4. The van der Waals surface area contributed by atoms with Gasteiger partial charge in [0.05, 0.1) is 0 Å². The lowest BCUT2D eigenvalue weighted by Crippen LogP contribution is -2.33. The van der Waals surface area contributed by atoms with Crippen molar-refractivity contribution in [1.29, 1.82) is 0 Å². The Hall–Kier alpha value is -1.70. The Balaban J connectivity index is 2.73. The largest absolute Gasteiger partial charge is 0.457 e. The van der Waals surface area contributed by atoms with Gasteiger partial charge in [0.15, 0.2) is 12.2 Å². The van der Waals surface area contributed by atoms with Crippen LogP contribution in [0, 0.1) is 0 Å². The summed E-state index contributed by atoms with van der Waals surface area (Å²) in [5.41, 5.74) is 0. The molecule has 0 spiro atoms. The van der Waals surface area contributed by atoms with Gasteiger partial charge < -0.3 is 18.9 Å². The Morgan fingerprint density at radius 1 is 1.15 bits per heavy atom. The molecule has 0 amide bonds. The first kappa shape index (κ1) is 16.4. The van der Waals surface area contributed by atoms with Gasteiger partial charge in [0, 0.05) is 27.2 Å². The van der Waals surface area contributed by atoms with Gasteiger partial charge in [-0.15, -0.1) is 0 Å². The van der Waals surface area contributed by atoms with E-state index in [1.807, 2.05) is 0 Å². The van der Waals surface area contributed by atoms with E-state index in [9.17, 15) is 18.8 Å². The maximum atomic E-state index is 12.9. The zero-order valence-electron chi connectivity index (χ0n) is 11.5. The molecule has 0 N–H and O–H groups in total. The van der Waals surface area contributed by atoms with Gasteiger partial charge in [0.25, 0.3) is 0 Å². The van der Waals surface area contributed by atoms with Crippen LogP contribution in [-0.2, 0) is 33.3 Å². The summed E-state index contributed by atoms with van der Waals surface area (Å²) in [5, 5.41) is 0. The van der Waals surface area contributed by atoms with Crippen molar-refractivity contribution in [3.05, 3.63) is 0 Å². The molecule has 1 heterocycles. The van der Waals surface area contributed by atoms with Crippen molar-refractivity contribution in [3.63, 3.8) is 0 Å². The zero-order valence-corrected chi connectivity index (χ0v) is 11.5. The molecule has 1 fully saturated rings. The number of halogens is 1. The molecule has 20 heavy (non-hydrogen) atoms. The van der Waals surface area contributed by atoms with Crippen LogP contribution in [0.2, 0.25) is 0 Å². The van der Waals surface area contributed by atoms with Crippen LogP contribution >= 0.6 is 0 Å². The summed E-state index contributed by atoms with van der Waals surface area (Å²) in [4.78, 5) is 32.8. The smallest absolute Gasteiger partial charge is 0.305 e. The summed E-state index contributed by atoms with van der Waals surface area (Å²) < 4.78 is 32.8. The van der Waals surface area contributed by atoms with Gasteiger partial charge in [-0.2, -0.15) is 0 Å². The van der Waals surface area contributed by atoms with Crippen molar-refractivity contribution >= 4 is 17.9 Å². The minimum Gasteiger partial charge on any atom is -0.457 e. The van der Waals surface area contributed by atoms with Gasteiger partial charge in [-0.25, -0.2) is 4.39 Å². The lowest BCUT2D eigenvalue weighted by molar-refractivity contribution is -0.201. The standard InChI is InChI=1S/C12H17FO7/c1-6(14)17-10-4-9(11(5-13)18-7(2)15)20-12(10)19-8(3)16/h9-12H,4-5H2,1-3H3/t9-,10+,11-,12?/m0/s1. The van der Waals surface area contributed by atoms with Gasteiger partial charge in [0.1, 0.15) is 12.8 Å². The van der Waals surface area contributed by atoms with E-state index in [0.29, 0.717) is 0 Å². The highest BCUT2D eigenvalue weighted by atomic mass is 19.1. The van der Waals surface area contributed by atoms with Crippen molar-refractivity contribution in [2.45, 2.75) is 51.8 Å². The molecule has 0 aliphatic carbocycles. The number of hydrogen-bond donors (Lipinski definition) is 0. The van der Waals surface area contributed by atoms with Gasteiger partial charge >= 0.3 is 17.9 Å². The molecule has 8 heteroatoms. The van der Waals surface area contributed by atoms with Crippen LogP contribution in [0.25, 0.3) is 0 Å². The van der Waals surface area contributed by atoms with Crippen LogP contribution in [0.1, 0.15) is 27.2 Å². The molecule has 0 aromatic rings. The number of alkyl halides is 1. The van der Waals surface area contributed by atoms with Crippen LogP contribution in [0.3, 0.4) is 0 Å². The lowest BCUT2D eigenvalue weighted by atomic mass is 10.1. The normalized spacial score (nSPS) is 26.7. The molecule has 0 aromatic carbocycles. The van der Waals surface area contributed by atoms with Crippen molar-refractivity contribution in [3.8, 4) is 0 Å². The summed E-state index contributed by atoms with van der Waals surface area (Å²) in [7, 11) is 0. The summed E-state index contributed by atoms with van der Waals surface area (Å²) in [5.74, 6) is -1.87. The Morgan fingerprint density at radius 3 is 2.20 bits per heavy atom. The third-order valence-corrected chi connectivity index (χ3v) is 2.56. The van der Waals surface area contributed by atoms with Gasteiger partial charge in [-0.05, 0) is 0 Å². The maximum absolute atomic E-state index is 12.9. The molecule has 114 valence electrons. The Labute approximate surface area is 115 Å². The third-order valence-electron chi connectivity index (χ3n) is 2.56. The van der Waals surface area contributed by atoms with Gasteiger partial charge in [-0.1, -0.05) is 0 Å². The predicted octanol–water partition coefficient (Wildman–Crippen LogP) is 0.497. The first-order valence-electron chi connectivity index (χ1n) is 6.06. The van der Waals surface area contributed by atoms with Gasteiger partial charge in [0.2, 0.25) is 6.29 Å². The monoisotopic (exact) mass is 292 g/mol. The number of hydrogen-bond acceptors (Lipinski definition) is 7. The van der Waals surface area contributed by atoms with E-state index < -0.39 is 49.2 Å². The summed E-state index contributed by atoms with van der Waals surface area (Å²) in [6, 6.07) is 0. The van der Waals surface area contributed by atoms with Crippen molar-refractivity contribution < 1.29 is 37.7 Å². The first-order chi connectivity index (χ1) is 9.33. The van der Waals surface area contributed by atoms with E-state index in [1.54, 1.807) is 0 Å². The quantitative estimate of drug-likeness (QED) is 0.538. The molecule has 1 aliphatic rings. The zero-order chi connectivity index (χ0) is 15.3. The summed E-state index contributed by atoms with van der Waals surface area (Å²) in [6.45, 7) is 2.55. The second kappa shape index (κ2) is 7.18. The fraction of sp³-hybridized carbons (Fsp3) is 0.750. The Morgan fingerprint density at radius 2 is 1.75 bits per heavy atom. The molecular weight excluding hydrogens is 275 g/mol. The van der Waals surface area contributed by atoms with E-state index in [4.69, 9.17) is 18.9 Å². The van der Waals surface area contributed by atoms with E-state index in [-0.39, 0.29) is 6.42 Å². The minimum absolute atomic E-state index is 0.0688. The second-order valence-electron chi connectivity index (χ2n) is 4.34. The number of esters is 3. The SMILES string of the molecule is CC(=O)OC1O[C@H]([C@H](CF)OC(C)=O)C[C@H]1OC(C)=O. The highest BCUT2D eigenvalue weighted by Gasteiger charge is 2.44. The molecule has 0 saturated carbocycles. The van der Waals surface area contributed by atoms with Crippen LogP contribution in [-0.4, -0.2) is 49.2 Å². The predicted molar refractivity (Wildman–Crippen MR) is 62.1 cm³/mol. The molecule has 1 unspecified atom stereocenters. The summed E-state index contributed by atoms with van der Waals surface area (Å²) >= 11 is 0. The molecule has 1 saturated heterocycles. The Kier molecular flexibility index (Phi) is 5.87. The fourth-order valence-corrected chi connectivity index (χ4v) is 1.90. The van der Waals surface area contributed by atoms with E-state index in [1.165, 1.54) is 13.8 Å². The lowest BCUT2D eigenvalue weighted by Gasteiger charge is -2.20. The average Bonchev–Trinajstić information content (AvgIpc) is 2.67. The molecule has 1 aliphatic heterocycles. The van der Waals surface area contributed by atoms with Crippen molar-refractivity contribution in [2.75, 3.05) is 6.67 Å². The highest BCUT2D eigenvalue weighted by Crippen LogP contribution is 2.28. The van der Waals surface area contributed by atoms with E-state index in [0.717, 1.165) is 6.92 Å². The van der Waals surface area contributed by atoms with Crippen LogP contribution in [0.5, 0.6) is 0 Å². The average molecular weight is 292 g/mol. The molecule has 0 bridgehead atoms. The van der Waals surface area contributed by atoms with Crippen LogP contribution < -0.4 is 0 Å². The molecule has 7 nitrogen and oxygen atoms in total. The van der Waals surface area contributed by atoms with Crippen molar-refractivity contribution in [2.24, 2.45) is 0 Å². The van der Waals surface area contributed by atoms with Gasteiger partial charge in [-0.3, -0.25) is 14.4 Å². The third kappa shape index (κ3) is 4.76. The van der Waals surface area contributed by atoms with Crippen LogP contribution in [0.4, 0.5) is 4.39 Å². The number of rotatable bonds is 5. The van der Waals surface area contributed by atoms with Crippen LogP contribution in [0.15, 0.2) is 0 Å². The Bertz CT molecular complexity index is 360. The second-order valence-corrected chi connectivity index (χ2v) is 4.34. The fourth-order valence-electron chi connectivity index (χ4n) is 1.90. The first-order valence-corrected chi connectivity index (χ1v) is 6.06. The highest BCUT2D eigenvalue weighted by molar-refractivity contribution is 5.67. The molecule has 1 rings (SSSR count). The molecule has 0 radical (unpaired) electrons. The molecule has 4 atom stereocenters. The molecule has 0 aromatic heterocycles. The minimum atomic E-state index is -1.13. The molecular formula is C12H17FO7. The van der Waals surface area contributed by atoms with E-state index in [2.05, 4.69) is 0 Å². The van der Waals surface area contributed by atoms with Crippen molar-refractivity contribution in [1.82, 2.24) is 0 Å².